The van der Waals surface area contributed by atoms with Crippen molar-refractivity contribution >= 4 is 0 Å². The fraction of sp³-hybridized carbons (Fsp3) is 0.600. The zero-order valence-electron chi connectivity index (χ0n) is 10.7. The molecule has 100 valence electrons. The summed E-state index contributed by atoms with van der Waals surface area (Å²) in [5.74, 6) is -0.188. The minimum absolute atomic E-state index is 0.188. The number of alkyl halides is 1. The van der Waals surface area contributed by atoms with Gasteiger partial charge in [0, 0.05) is 12.6 Å². The van der Waals surface area contributed by atoms with E-state index < -0.39 is 0 Å². The van der Waals surface area contributed by atoms with Crippen LogP contribution >= 0.6 is 0 Å². The molecule has 1 atom stereocenters. The van der Waals surface area contributed by atoms with E-state index >= 15 is 0 Å². The molecular formula is C15H21F2N. The fourth-order valence-electron chi connectivity index (χ4n) is 2.73. The van der Waals surface area contributed by atoms with Crippen LogP contribution in [0.5, 0.6) is 0 Å². The minimum atomic E-state index is -0.224. The molecule has 1 heterocycles. The van der Waals surface area contributed by atoms with E-state index in [1.165, 1.54) is 25.0 Å². The highest BCUT2D eigenvalue weighted by Gasteiger charge is 2.21. The van der Waals surface area contributed by atoms with Crippen molar-refractivity contribution in [1.29, 1.82) is 0 Å². The summed E-state index contributed by atoms with van der Waals surface area (Å²) in [5.41, 5.74) is 1.15. The second kappa shape index (κ2) is 6.83. The van der Waals surface area contributed by atoms with E-state index in [1.807, 2.05) is 12.1 Å². The second-order valence-corrected chi connectivity index (χ2v) is 5.04. The number of likely N-dealkylation sites (tertiary alicyclic amines) is 1. The third-order valence-corrected chi connectivity index (χ3v) is 3.79. The van der Waals surface area contributed by atoms with Crippen LogP contribution in [0.25, 0.3) is 0 Å². The average Bonchev–Trinajstić information content (AvgIpc) is 2.40. The maximum Gasteiger partial charge on any atom is 0.123 e. The standard InChI is InChI=1S/C15H21F2N/c16-10-8-15-3-1-2-11-18(15)12-9-13-4-6-14(17)7-5-13/h4-7,15H,1-3,8-12H2. The molecule has 1 unspecified atom stereocenters. The van der Waals surface area contributed by atoms with Gasteiger partial charge in [-0.05, 0) is 49.9 Å². The summed E-state index contributed by atoms with van der Waals surface area (Å²) in [4.78, 5) is 2.40. The number of nitrogens with zero attached hydrogens (tertiary/aromatic N) is 1. The van der Waals surface area contributed by atoms with Gasteiger partial charge in [-0.25, -0.2) is 4.39 Å². The van der Waals surface area contributed by atoms with Crippen molar-refractivity contribution in [3.05, 3.63) is 35.6 Å². The molecule has 0 radical (unpaired) electrons. The molecule has 1 aromatic rings. The summed E-state index contributed by atoms with van der Waals surface area (Å²) in [7, 11) is 0. The summed E-state index contributed by atoms with van der Waals surface area (Å²) >= 11 is 0. The van der Waals surface area contributed by atoms with Crippen LogP contribution in [0.4, 0.5) is 8.78 Å². The van der Waals surface area contributed by atoms with E-state index in [4.69, 9.17) is 0 Å². The molecule has 1 saturated heterocycles. The molecule has 0 spiro atoms. The van der Waals surface area contributed by atoms with E-state index in [0.717, 1.165) is 31.5 Å². The van der Waals surface area contributed by atoms with Gasteiger partial charge < -0.3 is 0 Å². The van der Waals surface area contributed by atoms with Gasteiger partial charge in [0.1, 0.15) is 5.82 Å². The molecule has 18 heavy (non-hydrogen) atoms. The molecule has 0 aliphatic carbocycles. The smallest absolute Gasteiger partial charge is 0.123 e. The van der Waals surface area contributed by atoms with Gasteiger partial charge in [0.05, 0.1) is 6.67 Å². The van der Waals surface area contributed by atoms with E-state index in [-0.39, 0.29) is 12.5 Å². The van der Waals surface area contributed by atoms with Crippen molar-refractivity contribution in [3.8, 4) is 0 Å². The lowest BCUT2D eigenvalue weighted by molar-refractivity contribution is 0.134. The summed E-state index contributed by atoms with van der Waals surface area (Å²) in [6.45, 7) is 1.81. The Hall–Kier alpha value is -0.960. The molecule has 1 aromatic carbocycles. The Morgan fingerprint density at radius 1 is 1.17 bits per heavy atom. The van der Waals surface area contributed by atoms with Crippen molar-refractivity contribution in [3.63, 3.8) is 0 Å². The maximum absolute atomic E-state index is 12.8. The van der Waals surface area contributed by atoms with E-state index in [0.29, 0.717) is 12.5 Å². The lowest BCUT2D eigenvalue weighted by Crippen LogP contribution is -2.40. The first kappa shape index (κ1) is 13.5. The minimum Gasteiger partial charge on any atom is -0.300 e. The van der Waals surface area contributed by atoms with Crippen LogP contribution in [0.1, 0.15) is 31.2 Å². The van der Waals surface area contributed by atoms with Crippen molar-refractivity contribution < 1.29 is 8.78 Å². The molecule has 0 aromatic heterocycles. The Morgan fingerprint density at radius 3 is 2.67 bits per heavy atom. The van der Waals surface area contributed by atoms with Crippen LogP contribution in [-0.2, 0) is 6.42 Å². The van der Waals surface area contributed by atoms with E-state index in [9.17, 15) is 8.78 Å². The van der Waals surface area contributed by atoms with Crippen molar-refractivity contribution in [2.75, 3.05) is 19.8 Å². The lowest BCUT2D eigenvalue weighted by atomic mass is 9.99. The molecule has 0 amide bonds. The van der Waals surface area contributed by atoms with Crippen molar-refractivity contribution in [2.45, 2.75) is 38.1 Å². The summed E-state index contributed by atoms with van der Waals surface area (Å²) < 4.78 is 25.3. The molecule has 0 bridgehead atoms. The quantitative estimate of drug-likeness (QED) is 0.775. The number of halogens is 2. The molecule has 3 heteroatoms. The first-order chi connectivity index (χ1) is 8.79. The summed E-state index contributed by atoms with van der Waals surface area (Å²) in [6, 6.07) is 7.09. The van der Waals surface area contributed by atoms with Gasteiger partial charge in [-0.2, -0.15) is 0 Å². The van der Waals surface area contributed by atoms with Crippen molar-refractivity contribution in [2.24, 2.45) is 0 Å². The zero-order chi connectivity index (χ0) is 12.8. The predicted octanol–water partition coefficient (Wildman–Crippen LogP) is 3.58. The number of hydrogen-bond acceptors (Lipinski definition) is 1. The van der Waals surface area contributed by atoms with Gasteiger partial charge >= 0.3 is 0 Å². The van der Waals surface area contributed by atoms with Gasteiger partial charge in [0.15, 0.2) is 0 Å². The van der Waals surface area contributed by atoms with Gasteiger partial charge in [-0.15, -0.1) is 0 Å². The summed E-state index contributed by atoms with van der Waals surface area (Å²) in [6.07, 6.45) is 5.13. The average molecular weight is 253 g/mol. The lowest BCUT2D eigenvalue weighted by Gasteiger charge is -2.35. The van der Waals surface area contributed by atoms with Crippen LogP contribution in [0.3, 0.4) is 0 Å². The molecular weight excluding hydrogens is 232 g/mol. The highest BCUT2D eigenvalue weighted by atomic mass is 19.1. The first-order valence-corrected chi connectivity index (χ1v) is 6.84. The molecule has 1 aliphatic rings. The molecule has 1 aliphatic heterocycles. The Kier molecular flexibility index (Phi) is 5.12. The number of piperidine rings is 1. The zero-order valence-corrected chi connectivity index (χ0v) is 10.7. The van der Waals surface area contributed by atoms with Crippen LogP contribution < -0.4 is 0 Å². The monoisotopic (exact) mass is 253 g/mol. The van der Waals surface area contributed by atoms with Gasteiger partial charge in [-0.1, -0.05) is 18.6 Å². The third kappa shape index (κ3) is 3.77. The van der Waals surface area contributed by atoms with Crippen LogP contribution in [0, 0.1) is 5.82 Å². The highest BCUT2D eigenvalue weighted by Crippen LogP contribution is 2.20. The topological polar surface area (TPSA) is 3.24 Å². The third-order valence-electron chi connectivity index (χ3n) is 3.79. The largest absolute Gasteiger partial charge is 0.300 e. The van der Waals surface area contributed by atoms with Crippen LogP contribution in [-0.4, -0.2) is 30.7 Å². The first-order valence-electron chi connectivity index (χ1n) is 6.84. The van der Waals surface area contributed by atoms with Gasteiger partial charge in [-0.3, -0.25) is 9.29 Å². The SMILES string of the molecule is FCCC1CCCCN1CCc1ccc(F)cc1. The van der Waals surface area contributed by atoms with Gasteiger partial charge in [0.25, 0.3) is 0 Å². The maximum atomic E-state index is 12.8. The number of hydrogen-bond donors (Lipinski definition) is 0. The van der Waals surface area contributed by atoms with E-state index in [2.05, 4.69) is 4.90 Å². The van der Waals surface area contributed by atoms with Crippen LogP contribution in [0.2, 0.25) is 0 Å². The van der Waals surface area contributed by atoms with Crippen LogP contribution in [0.15, 0.2) is 24.3 Å². The molecule has 0 N–H and O–H groups in total. The van der Waals surface area contributed by atoms with E-state index in [1.54, 1.807) is 0 Å². The molecule has 2 rings (SSSR count). The Labute approximate surface area is 108 Å². The van der Waals surface area contributed by atoms with Gasteiger partial charge in [0.2, 0.25) is 0 Å². The second-order valence-electron chi connectivity index (χ2n) is 5.04. The highest BCUT2D eigenvalue weighted by molar-refractivity contribution is 5.16. The molecule has 1 nitrogen and oxygen atoms in total. The Bertz CT molecular complexity index is 348. The summed E-state index contributed by atoms with van der Waals surface area (Å²) in [5, 5.41) is 0. The number of rotatable bonds is 5. The normalized spacial score (nSPS) is 21.1. The van der Waals surface area contributed by atoms with Crippen molar-refractivity contribution in [1.82, 2.24) is 4.90 Å². The number of benzene rings is 1. The Balaban J connectivity index is 1.85. The molecule has 1 fully saturated rings. The Morgan fingerprint density at radius 2 is 1.94 bits per heavy atom. The fourth-order valence-corrected chi connectivity index (χ4v) is 2.73. The molecule has 0 saturated carbocycles. The predicted molar refractivity (Wildman–Crippen MR) is 69.9 cm³/mol.